The molecule has 1 fully saturated rings. The first kappa shape index (κ1) is 22.4. The summed E-state index contributed by atoms with van der Waals surface area (Å²) in [6.07, 6.45) is 3.88. The molecule has 1 amide bonds. The minimum absolute atomic E-state index is 0.0267. The fourth-order valence-corrected chi connectivity index (χ4v) is 3.62. The first-order valence-electron chi connectivity index (χ1n) is 11.0. The molecule has 1 aliphatic heterocycles. The van der Waals surface area contributed by atoms with Gasteiger partial charge < -0.3 is 25.8 Å². The number of carbonyl (C=O) groups excluding carboxylic acids is 1. The first-order chi connectivity index (χ1) is 16.1. The first-order valence-corrected chi connectivity index (χ1v) is 11.0. The maximum Gasteiger partial charge on any atom is 0.349 e. The van der Waals surface area contributed by atoms with Gasteiger partial charge in [0, 0.05) is 17.9 Å². The number of nitrogen functional groups attached to an aromatic ring is 1. The SMILES string of the molecule is COc1ccc(NC(=O)n2nc(Nc3ccc(OCCN4CCCCC4)cc3)nc2N)cc1. The number of hydrogen-bond acceptors (Lipinski definition) is 8. The molecule has 4 N–H and O–H groups in total. The van der Waals surface area contributed by atoms with Crippen molar-refractivity contribution in [2.45, 2.75) is 19.3 Å². The fraction of sp³-hybridized carbons (Fsp3) is 0.348. The molecule has 0 aliphatic carbocycles. The maximum atomic E-state index is 12.5. The van der Waals surface area contributed by atoms with Gasteiger partial charge in [0.25, 0.3) is 0 Å². The number of nitrogens with one attached hydrogen (secondary N) is 2. The van der Waals surface area contributed by atoms with Crippen LogP contribution in [0.3, 0.4) is 0 Å². The molecule has 2 aromatic carbocycles. The van der Waals surface area contributed by atoms with E-state index in [0.29, 0.717) is 18.0 Å². The Hall–Kier alpha value is -3.79. The van der Waals surface area contributed by atoms with E-state index in [0.717, 1.165) is 35.8 Å². The third-order valence-electron chi connectivity index (χ3n) is 5.40. The van der Waals surface area contributed by atoms with E-state index in [9.17, 15) is 4.79 Å². The number of ether oxygens (including phenoxy) is 2. The van der Waals surface area contributed by atoms with E-state index in [1.807, 2.05) is 24.3 Å². The monoisotopic (exact) mass is 451 g/mol. The Kier molecular flexibility index (Phi) is 7.26. The number of amides is 1. The van der Waals surface area contributed by atoms with Gasteiger partial charge >= 0.3 is 6.03 Å². The molecule has 3 aromatic rings. The van der Waals surface area contributed by atoms with Crippen molar-refractivity contribution < 1.29 is 14.3 Å². The highest BCUT2D eigenvalue weighted by Crippen LogP contribution is 2.20. The third-order valence-corrected chi connectivity index (χ3v) is 5.40. The van der Waals surface area contributed by atoms with Gasteiger partial charge in [-0.25, -0.2) is 4.79 Å². The van der Waals surface area contributed by atoms with Gasteiger partial charge in [0.1, 0.15) is 18.1 Å². The number of anilines is 4. The second kappa shape index (κ2) is 10.7. The normalized spacial score (nSPS) is 14.0. The predicted octanol–water partition coefficient (Wildman–Crippen LogP) is 3.56. The molecule has 10 nitrogen and oxygen atoms in total. The summed E-state index contributed by atoms with van der Waals surface area (Å²) in [6, 6.07) is 13.9. The largest absolute Gasteiger partial charge is 0.497 e. The quantitative estimate of drug-likeness (QED) is 0.476. The standard InChI is InChI=1S/C23H29N7O3/c1-32-19-9-5-18(6-10-19)26-23(31)30-21(24)27-22(28-30)25-17-7-11-20(12-8-17)33-16-15-29-13-3-2-4-14-29/h5-12H,2-4,13-16H2,1H3,(H,26,31)(H3,24,25,27,28). The highest BCUT2D eigenvalue weighted by molar-refractivity contribution is 5.92. The van der Waals surface area contributed by atoms with Crippen LogP contribution in [-0.4, -0.2) is 59.0 Å². The van der Waals surface area contributed by atoms with Crippen molar-refractivity contribution in [1.29, 1.82) is 0 Å². The van der Waals surface area contributed by atoms with Gasteiger partial charge in [0.2, 0.25) is 11.9 Å². The molecule has 0 spiro atoms. The lowest BCUT2D eigenvalue weighted by Gasteiger charge is -2.26. The second-order valence-corrected chi connectivity index (χ2v) is 7.76. The summed E-state index contributed by atoms with van der Waals surface area (Å²) in [7, 11) is 1.58. The van der Waals surface area contributed by atoms with Crippen LogP contribution >= 0.6 is 0 Å². The Morgan fingerprint density at radius 3 is 2.36 bits per heavy atom. The molecule has 0 unspecified atom stereocenters. The number of carbonyl (C=O) groups is 1. The van der Waals surface area contributed by atoms with Crippen molar-refractivity contribution in [2.24, 2.45) is 0 Å². The Morgan fingerprint density at radius 2 is 1.67 bits per heavy atom. The number of piperidine rings is 1. The summed E-state index contributed by atoms with van der Waals surface area (Å²) < 4.78 is 12.0. The van der Waals surface area contributed by atoms with Crippen molar-refractivity contribution >= 4 is 29.3 Å². The van der Waals surface area contributed by atoms with Crippen molar-refractivity contribution in [3.05, 3.63) is 48.5 Å². The van der Waals surface area contributed by atoms with Crippen molar-refractivity contribution in [3.8, 4) is 11.5 Å². The van der Waals surface area contributed by atoms with Gasteiger partial charge in [-0.15, -0.1) is 9.78 Å². The van der Waals surface area contributed by atoms with Gasteiger partial charge in [-0.1, -0.05) is 6.42 Å². The average Bonchev–Trinajstić information content (AvgIpc) is 3.21. The zero-order valence-electron chi connectivity index (χ0n) is 18.7. The minimum Gasteiger partial charge on any atom is -0.497 e. The summed E-state index contributed by atoms with van der Waals surface area (Å²) in [5.41, 5.74) is 7.22. The van der Waals surface area contributed by atoms with Crippen LogP contribution in [0.15, 0.2) is 48.5 Å². The number of benzene rings is 2. The molecule has 1 aromatic heterocycles. The molecule has 0 radical (unpaired) electrons. The third kappa shape index (κ3) is 6.13. The molecule has 10 heteroatoms. The number of aromatic nitrogens is 3. The topological polar surface area (TPSA) is 120 Å². The van der Waals surface area contributed by atoms with Crippen LogP contribution in [-0.2, 0) is 0 Å². The van der Waals surface area contributed by atoms with Crippen LogP contribution in [0.1, 0.15) is 19.3 Å². The summed E-state index contributed by atoms with van der Waals surface area (Å²) >= 11 is 0. The number of likely N-dealkylation sites (tertiary alicyclic amines) is 1. The van der Waals surface area contributed by atoms with E-state index < -0.39 is 6.03 Å². The van der Waals surface area contributed by atoms with Crippen LogP contribution in [0.4, 0.5) is 28.1 Å². The van der Waals surface area contributed by atoms with Crippen molar-refractivity contribution in [2.75, 3.05) is 49.7 Å². The van der Waals surface area contributed by atoms with Gasteiger partial charge in [0.15, 0.2) is 0 Å². The van der Waals surface area contributed by atoms with Crippen molar-refractivity contribution in [3.63, 3.8) is 0 Å². The summed E-state index contributed by atoms with van der Waals surface area (Å²) in [5.74, 6) is 1.69. The lowest BCUT2D eigenvalue weighted by atomic mass is 10.1. The number of methoxy groups -OCH3 is 1. The lowest BCUT2D eigenvalue weighted by molar-refractivity contribution is 0.183. The molecular formula is C23H29N7O3. The lowest BCUT2D eigenvalue weighted by Crippen LogP contribution is -2.33. The summed E-state index contributed by atoms with van der Waals surface area (Å²) in [5, 5.41) is 9.92. The molecule has 0 bridgehead atoms. The Labute approximate surface area is 192 Å². The smallest absolute Gasteiger partial charge is 0.349 e. The Morgan fingerprint density at radius 1 is 1.00 bits per heavy atom. The average molecular weight is 452 g/mol. The molecule has 4 rings (SSSR count). The molecule has 174 valence electrons. The Bertz CT molecular complexity index is 1040. The van der Waals surface area contributed by atoms with E-state index in [4.69, 9.17) is 15.2 Å². The zero-order valence-corrected chi connectivity index (χ0v) is 18.7. The van der Waals surface area contributed by atoms with E-state index in [1.165, 1.54) is 19.3 Å². The molecule has 1 aliphatic rings. The molecular weight excluding hydrogens is 422 g/mol. The molecule has 0 saturated carbocycles. The van der Waals surface area contributed by atoms with Crippen molar-refractivity contribution in [1.82, 2.24) is 19.7 Å². The molecule has 2 heterocycles. The number of nitrogens with two attached hydrogens (primary N) is 1. The van der Waals surface area contributed by atoms with Crippen LogP contribution in [0, 0.1) is 0 Å². The maximum absolute atomic E-state index is 12.5. The van der Waals surface area contributed by atoms with E-state index in [-0.39, 0.29) is 11.9 Å². The zero-order chi connectivity index (χ0) is 23.0. The summed E-state index contributed by atoms with van der Waals surface area (Å²) in [6.45, 7) is 3.93. The van der Waals surface area contributed by atoms with E-state index >= 15 is 0 Å². The predicted molar refractivity (Wildman–Crippen MR) is 127 cm³/mol. The highest BCUT2D eigenvalue weighted by Gasteiger charge is 2.15. The Balaban J connectivity index is 1.29. The second-order valence-electron chi connectivity index (χ2n) is 7.76. The molecule has 1 saturated heterocycles. The number of rotatable bonds is 8. The van der Waals surface area contributed by atoms with Crippen LogP contribution < -0.4 is 25.8 Å². The number of nitrogens with zero attached hydrogens (tertiary/aromatic N) is 4. The van der Waals surface area contributed by atoms with Crippen LogP contribution in [0.5, 0.6) is 11.5 Å². The van der Waals surface area contributed by atoms with E-state index in [1.54, 1.807) is 31.4 Å². The van der Waals surface area contributed by atoms with Gasteiger partial charge in [-0.05, 0) is 74.5 Å². The molecule has 0 atom stereocenters. The van der Waals surface area contributed by atoms with E-state index in [2.05, 4.69) is 25.6 Å². The van der Waals surface area contributed by atoms with Gasteiger partial charge in [-0.3, -0.25) is 4.90 Å². The van der Waals surface area contributed by atoms with Crippen LogP contribution in [0.2, 0.25) is 0 Å². The van der Waals surface area contributed by atoms with Crippen LogP contribution in [0.25, 0.3) is 0 Å². The molecule has 33 heavy (non-hydrogen) atoms. The number of hydrogen-bond donors (Lipinski definition) is 3. The summed E-state index contributed by atoms with van der Waals surface area (Å²) in [4.78, 5) is 19.1. The highest BCUT2D eigenvalue weighted by atomic mass is 16.5. The fourth-order valence-electron chi connectivity index (χ4n) is 3.62. The van der Waals surface area contributed by atoms with Gasteiger partial charge in [-0.2, -0.15) is 4.98 Å². The van der Waals surface area contributed by atoms with Gasteiger partial charge in [0.05, 0.1) is 7.11 Å². The minimum atomic E-state index is -0.518.